The molecule has 2 aliphatic rings. The van der Waals surface area contributed by atoms with Gasteiger partial charge in [0.1, 0.15) is 0 Å². The molecule has 2 heterocycles. The van der Waals surface area contributed by atoms with Crippen LogP contribution >= 0.6 is 0 Å². The Balaban J connectivity index is 1.72. The zero-order chi connectivity index (χ0) is 12.9. The predicted octanol–water partition coefficient (Wildman–Crippen LogP) is 1.99. The van der Waals surface area contributed by atoms with Gasteiger partial charge in [-0.2, -0.15) is 0 Å². The molecule has 1 N–H and O–H groups in total. The normalized spacial score (nSPS) is 22.5. The summed E-state index contributed by atoms with van der Waals surface area (Å²) in [5.74, 6) is 0.702. The average molecular weight is 260 g/mol. The summed E-state index contributed by atoms with van der Waals surface area (Å²) in [7, 11) is 0. The van der Waals surface area contributed by atoms with Gasteiger partial charge in [-0.3, -0.25) is 4.90 Å². The van der Waals surface area contributed by atoms with E-state index in [1.807, 2.05) is 0 Å². The number of nitrogens with one attached hydrogen (secondary N) is 1. The molecule has 0 amide bonds. The molecule has 19 heavy (non-hydrogen) atoms. The van der Waals surface area contributed by atoms with Crippen LogP contribution in [0.4, 0.5) is 0 Å². The van der Waals surface area contributed by atoms with Crippen molar-refractivity contribution in [1.82, 2.24) is 10.2 Å². The van der Waals surface area contributed by atoms with Crippen molar-refractivity contribution in [1.29, 1.82) is 0 Å². The molecule has 1 aromatic rings. The van der Waals surface area contributed by atoms with Crippen molar-refractivity contribution in [3.05, 3.63) is 35.4 Å². The fraction of sp³-hybridized carbons (Fsp3) is 0.625. The van der Waals surface area contributed by atoms with Gasteiger partial charge in [-0.1, -0.05) is 24.3 Å². The van der Waals surface area contributed by atoms with Crippen molar-refractivity contribution in [2.75, 3.05) is 39.4 Å². The van der Waals surface area contributed by atoms with Crippen LogP contribution in [0.25, 0.3) is 0 Å². The molecule has 0 unspecified atom stereocenters. The first-order valence-corrected chi connectivity index (χ1v) is 7.52. The Labute approximate surface area is 115 Å². The minimum absolute atomic E-state index is 0.702. The fourth-order valence-corrected chi connectivity index (χ4v) is 3.20. The molecule has 0 radical (unpaired) electrons. The second-order valence-corrected chi connectivity index (χ2v) is 5.61. The molecule has 0 saturated carbocycles. The molecule has 2 saturated heterocycles. The first-order chi connectivity index (χ1) is 9.43. The monoisotopic (exact) mass is 260 g/mol. The molecular weight excluding hydrogens is 236 g/mol. The van der Waals surface area contributed by atoms with Gasteiger partial charge in [-0.25, -0.2) is 0 Å². The molecule has 104 valence electrons. The minimum atomic E-state index is 0.702. The van der Waals surface area contributed by atoms with Crippen LogP contribution in [-0.2, 0) is 11.3 Å². The standard InChI is InChI=1S/C16H24N2O/c1-2-4-16(14-5-11-19-12-6-14)15(3-1)13-18-9-7-17-8-10-18/h1-4,14,17H,5-13H2. The van der Waals surface area contributed by atoms with Gasteiger partial charge in [-0.05, 0) is 29.9 Å². The largest absolute Gasteiger partial charge is 0.381 e. The minimum Gasteiger partial charge on any atom is -0.381 e. The van der Waals surface area contributed by atoms with E-state index >= 15 is 0 Å². The number of hydrogen-bond donors (Lipinski definition) is 1. The van der Waals surface area contributed by atoms with E-state index in [-0.39, 0.29) is 0 Å². The zero-order valence-corrected chi connectivity index (χ0v) is 11.6. The summed E-state index contributed by atoms with van der Waals surface area (Å²) in [4.78, 5) is 2.56. The molecule has 0 spiro atoms. The van der Waals surface area contributed by atoms with Crippen LogP contribution in [0.1, 0.15) is 29.9 Å². The van der Waals surface area contributed by atoms with Crippen LogP contribution in [0.2, 0.25) is 0 Å². The first-order valence-electron chi connectivity index (χ1n) is 7.52. The van der Waals surface area contributed by atoms with Gasteiger partial charge in [0.15, 0.2) is 0 Å². The van der Waals surface area contributed by atoms with Gasteiger partial charge < -0.3 is 10.1 Å². The van der Waals surface area contributed by atoms with Gasteiger partial charge in [-0.15, -0.1) is 0 Å². The van der Waals surface area contributed by atoms with E-state index in [0.717, 1.165) is 32.8 Å². The van der Waals surface area contributed by atoms with E-state index in [4.69, 9.17) is 4.74 Å². The Kier molecular flexibility index (Phi) is 4.49. The summed E-state index contributed by atoms with van der Waals surface area (Å²) in [6.07, 6.45) is 2.36. The number of benzene rings is 1. The Morgan fingerprint density at radius 3 is 2.63 bits per heavy atom. The van der Waals surface area contributed by atoms with E-state index in [2.05, 4.69) is 34.5 Å². The maximum atomic E-state index is 5.49. The Hall–Kier alpha value is -0.900. The molecule has 3 rings (SSSR count). The van der Waals surface area contributed by atoms with E-state index in [1.54, 1.807) is 5.56 Å². The van der Waals surface area contributed by atoms with Crippen molar-refractivity contribution in [2.45, 2.75) is 25.3 Å². The summed E-state index contributed by atoms with van der Waals surface area (Å²) >= 11 is 0. The van der Waals surface area contributed by atoms with Crippen molar-refractivity contribution >= 4 is 0 Å². The maximum Gasteiger partial charge on any atom is 0.0471 e. The highest BCUT2D eigenvalue weighted by atomic mass is 16.5. The van der Waals surface area contributed by atoms with Crippen LogP contribution in [-0.4, -0.2) is 44.3 Å². The molecule has 0 bridgehead atoms. The summed E-state index contributed by atoms with van der Waals surface area (Å²) in [5, 5.41) is 3.42. The molecule has 2 aliphatic heterocycles. The predicted molar refractivity (Wildman–Crippen MR) is 77.4 cm³/mol. The van der Waals surface area contributed by atoms with Gasteiger partial charge in [0.05, 0.1) is 0 Å². The molecule has 2 fully saturated rings. The lowest BCUT2D eigenvalue weighted by atomic mass is 9.88. The smallest absolute Gasteiger partial charge is 0.0471 e. The van der Waals surface area contributed by atoms with Crippen LogP contribution in [0, 0.1) is 0 Å². The van der Waals surface area contributed by atoms with E-state index in [9.17, 15) is 0 Å². The summed E-state index contributed by atoms with van der Waals surface area (Å²) < 4.78 is 5.49. The summed E-state index contributed by atoms with van der Waals surface area (Å²) in [5.41, 5.74) is 3.08. The third-order valence-electron chi connectivity index (χ3n) is 4.32. The van der Waals surface area contributed by atoms with Gasteiger partial charge in [0.2, 0.25) is 0 Å². The Morgan fingerprint density at radius 2 is 1.84 bits per heavy atom. The molecule has 3 nitrogen and oxygen atoms in total. The van der Waals surface area contributed by atoms with Crippen molar-refractivity contribution in [3.8, 4) is 0 Å². The number of piperazine rings is 1. The van der Waals surface area contributed by atoms with E-state index in [0.29, 0.717) is 5.92 Å². The molecule has 0 aliphatic carbocycles. The van der Waals surface area contributed by atoms with Gasteiger partial charge in [0.25, 0.3) is 0 Å². The van der Waals surface area contributed by atoms with Crippen molar-refractivity contribution in [3.63, 3.8) is 0 Å². The van der Waals surface area contributed by atoms with Crippen LogP contribution < -0.4 is 5.32 Å². The van der Waals surface area contributed by atoms with Crippen molar-refractivity contribution < 1.29 is 4.74 Å². The highest BCUT2D eigenvalue weighted by molar-refractivity contribution is 5.30. The topological polar surface area (TPSA) is 24.5 Å². The second-order valence-electron chi connectivity index (χ2n) is 5.61. The fourth-order valence-electron chi connectivity index (χ4n) is 3.20. The zero-order valence-electron chi connectivity index (χ0n) is 11.6. The SMILES string of the molecule is c1ccc(C2CCOCC2)c(CN2CCNCC2)c1. The number of nitrogens with zero attached hydrogens (tertiary/aromatic N) is 1. The van der Waals surface area contributed by atoms with Gasteiger partial charge >= 0.3 is 0 Å². The first kappa shape index (κ1) is 13.1. The second kappa shape index (κ2) is 6.51. The third kappa shape index (κ3) is 3.35. The van der Waals surface area contributed by atoms with Crippen molar-refractivity contribution in [2.24, 2.45) is 0 Å². The summed E-state index contributed by atoms with van der Waals surface area (Å²) in [6.45, 7) is 7.54. The number of rotatable bonds is 3. The van der Waals surface area contributed by atoms with Crippen LogP contribution in [0.5, 0.6) is 0 Å². The molecule has 0 aromatic heterocycles. The van der Waals surface area contributed by atoms with Crippen LogP contribution in [0.15, 0.2) is 24.3 Å². The molecular formula is C16H24N2O. The lowest BCUT2D eigenvalue weighted by molar-refractivity contribution is 0.0849. The Morgan fingerprint density at radius 1 is 1.11 bits per heavy atom. The highest BCUT2D eigenvalue weighted by Crippen LogP contribution is 2.30. The third-order valence-corrected chi connectivity index (χ3v) is 4.32. The molecule has 1 aromatic carbocycles. The van der Waals surface area contributed by atoms with E-state index < -0.39 is 0 Å². The van der Waals surface area contributed by atoms with Gasteiger partial charge in [0, 0.05) is 45.9 Å². The number of ether oxygens (including phenoxy) is 1. The van der Waals surface area contributed by atoms with E-state index in [1.165, 1.54) is 31.5 Å². The highest BCUT2D eigenvalue weighted by Gasteiger charge is 2.19. The van der Waals surface area contributed by atoms with Crippen LogP contribution in [0.3, 0.4) is 0 Å². The quantitative estimate of drug-likeness (QED) is 0.899. The summed E-state index contributed by atoms with van der Waals surface area (Å²) in [6, 6.07) is 9.01. The molecule has 0 atom stereocenters. The average Bonchev–Trinajstić information content (AvgIpc) is 2.50. The Bertz CT molecular complexity index is 395. The maximum absolute atomic E-state index is 5.49. The lowest BCUT2D eigenvalue weighted by Crippen LogP contribution is -2.43. The molecule has 3 heteroatoms. The lowest BCUT2D eigenvalue weighted by Gasteiger charge is -2.30. The number of hydrogen-bond acceptors (Lipinski definition) is 3.